The highest BCUT2D eigenvalue weighted by atomic mass is 127. The molecule has 0 aliphatic carbocycles. The summed E-state index contributed by atoms with van der Waals surface area (Å²) in [7, 11) is -3.91. The van der Waals surface area contributed by atoms with E-state index in [1.807, 2.05) is 37.3 Å². The molecule has 34 heavy (non-hydrogen) atoms. The van der Waals surface area contributed by atoms with Crippen LogP contribution in [0.25, 0.3) is 0 Å². The van der Waals surface area contributed by atoms with Gasteiger partial charge in [-0.05, 0) is 83.6 Å². The molecule has 1 heterocycles. The fraction of sp³-hybridized carbons (Fsp3) is 0.240. The average molecular weight is 610 g/mol. The van der Waals surface area contributed by atoms with Gasteiger partial charge in [-0.3, -0.25) is 9.10 Å². The van der Waals surface area contributed by atoms with E-state index in [1.54, 1.807) is 47.4 Å². The summed E-state index contributed by atoms with van der Waals surface area (Å²) >= 11 is 8.35. The van der Waals surface area contributed by atoms with Crippen LogP contribution in [0.2, 0.25) is 5.02 Å². The van der Waals surface area contributed by atoms with Gasteiger partial charge in [0.25, 0.3) is 10.0 Å². The zero-order valence-corrected chi connectivity index (χ0v) is 22.4. The molecule has 3 aromatic carbocycles. The van der Waals surface area contributed by atoms with Crippen LogP contribution in [0.1, 0.15) is 5.56 Å². The van der Waals surface area contributed by atoms with Crippen LogP contribution in [-0.4, -0.2) is 51.9 Å². The minimum atomic E-state index is -3.91. The van der Waals surface area contributed by atoms with Crippen molar-refractivity contribution in [1.82, 2.24) is 4.90 Å². The van der Waals surface area contributed by atoms with Crippen LogP contribution in [0.15, 0.2) is 77.7 Å². The quantitative estimate of drug-likeness (QED) is 0.377. The predicted octanol–water partition coefficient (Wildman–Crippen LogP) is 4.80. The van der Waals surface area contributed by atoms with E-state index in [-0.39, 0.29) is 17.3 Å². The summed E-state index contributed by atoms with van der Waals surface area (Å²) in [5.41, 5.74) is 2.65. The maximum absolute atomic E-state index is 13.5. The molecule has 0 saturated carbocycles. The van der Waals surface area contributed by atoms with Crippen molar-refractivity contribution >= 4 is 61.5 Å². The van der Waals surface area contributed by atoms with Gasteiger partial charge in [-0.1, -0.05) is 35.9 Å². The number of piperazine rings is 1. The number of amides is 1. The summed E-state index contributed by atoms with van der Waals surface area (Å²) in [4.78, 5) is 17.4. The smallest absolute Gasteiger partial charge is 0.264 e. The molecule has 1 saturated heterocycles. The van der Waals surface area contributed by atoms with Crippen LogP contribution in [0.3, 0.4) is 0 Å². The topological polar surface area (TPSA) is 60.9 Å². The highest BCUT2D eigenvalue weighted by Gasteiger charge is 2.30. The zero-order chi connectivity index (χ0) is 24.3. The van der Waals surface area contributed by atoms with E-state index in [9.17, 15) is 13.2 Å². The Morgan fingerprint density at radius 3 is 2.26 bits per heavy atom. The third-order valence-electron chi connectivity index (χ3n) is 5.87. The van der Waals surface area contributed by atoms with E-state index in [0.717, 1.165) is 14.8 Å². The summed E-state index contributed by atoms with van der Waals surface area (Å²) in [6.07, 6.45) is 0. The van der Waals surface area contributed by atoms with Crippen molar-refractivity contribution < 1.29 is 13.2 Å². The third kappa shape index (κ3) is 5.50. The second-order valence-corrected chi connectivity index (χ2v) is 11.6. The first-order valence-corrected chi connectivity index (χ1v) is 13.8. The van der Waals surface area contributed by atoms with Crippen molar-refractivity contribution in [1.29, 1.82) is 0 Å². The van der Waals surface area contributed by atoms with Gasteiger partial charge in [0.2, 0.25) is 5.91 Å². The Kier molecular flexibility index (Phi) is 7.69. The van der Waals surface area contributed by atoms with E-state index >= 15 is 0 Å². The lowest BCUT2D eigenvalue weighted by molar-refractivity contribution is -0.129. The van der Waals surface area contributed by atoms with Gasteiger partial charge in [-0.25, -0.2) is 8.42 Å². The van der Waals surface area contributed by atoms with Gasteiger partial charge in [-0.2, -0.15) is 0 Å². The van der Waals surface area contributed by atoms with Crippen LogP contribution in [-0.2, 0) is 14.8 Å². The molecule has 0 atom stereocenters. The first-order valence-electron chi connectivity index (χ1n) is 10.9. The average Bonchev–Trinajstić information content (AvgIpc) is 2.85. The number of hydrogen-bond donors (Lipinski definition) is 0. The molecule has 1 aliphatic rings. The first kappa shape index (κ1) is 24.8. The Balaban J connectivity index is 1.52. The molecule has 4 rings (SSSR count). The Labute approximate surface area is 219 Å². The molecular weight excluding hydrogens is 585 g/mol. The molecule has 0 N–H and O–H groups in total. The van der Waals surface area contributed by atoms with Gasteiger partial charge in [0.1, 0.15) is 6.54 Å². The zero-order valence-electron chi connectivity index (χ0n) is 18.7. The number of nitrogens with zero attached hydrogens (tertiary/aromatic N) is 3. The fourth-order valence-electron chi connectivity index (χ4n) is 3.98. The number of halogens is 2. The molecule has 1 aliphatic heterocycles. The Morgan fingerprint density at radius 2 is 1.62 bits per heavy atom. The van der Waals surface area contributed by atoms with Gasteiger partial charge in [0.05, 0.1) is 10.6 Å². The maximum atomic E-state index is 13.5. The number of carbonyl (C=O) groups excluding carboxylic acids is 1. The maximum Gasteiger partial charge on any atom is 0.264 e. The SMILES string of the molecule is Cc1ccc(Cl)cc1N1CCN(C(=O)CN(c2ccc(I)cc2)S(=O)(=O)c2ccccc2)CC1. The number of benzene rings is 3. The monoisotopic (exact) mass is 609 g/mol. The van der Waals surface area contributed by atoms with Gasteiger partial charge in [0, 0.05) is 40.5 Å². The first-order chi connectivity index (χ1) is 16.3. The van der Waals surface area contributed by atoms with Crippen molar-refractivity contribution in [3.05, 3.63) is 87.0 Å². The molecule has 6 nitrogen and oxygen atoms in total. The van der Waals surface area contributed by atoms with Crippen molar-refractivity contribution in [3.63, 3.8) is 0 Å². The van der Waals surface area contributed by atoms with Gasteiger partial charge >= 0.3 is 0 Å². The highest BCUT2D eigenvalue weighted by molar-refractivity contribution is 14.1. The molecule has 9 heteroatoms. The minimum Gasteiger partial charge on any atom is -0.368 e. The van der Waals surface area contributed by atoms with Crippen molar-refractivity contribution in [2.24, 2.45) is 0 Å². The molecule has 0 bridgehead atoms. The Hall–Kier alpha value is -2.30. The normalized spacial score (nSPS) is 14.2. The van der Waals surface area contributed by atoms with Crippen LogP contribution in [0, 0.1) is 10.5 Å². The van der Waals surface area contributed by atoms with Gasteiger partial charge in [-0.15, -0.1) is 0 Å². The van der Waals surface area contributed by atoms with Gasteiger partial charge < -0.3 is 9.80 Å². The molecular formula is C25H25ClIN3O3S. The molecule has 0 spiro atoms. The number of sulfonamides is 1. The third-order valence-corrected chi connectivity index (χ3v) is 8.61. The lowest BCUT2D eigenvalue weighted by Gasteiger charge is -2.37. The van der Waals surface area contributed by atoms with E-state index in [2.05, 4.69) is 27.5 Å². The second kappa shape index (κ2) is 10.5. The van der Waals surface area contributed by atoms with Crippen LogP contribution in [0.4, 0.5) is 11.4 Å². The van der Waals surface area contributed by atoms with Crippen molar-refractivity contribution in [2.45, 2.75) is 11.8 Å². The standard InChI is InChI=1S/C25H25ClIN3O3S/c1-19-7-8-20(26)17-24(19)28-13-15-29(16-14-28)25(31)18-30(22-11-9-21(27)10-12-22)34(32,33)23-5-3-2-4-6-23/h2-12,17H,13-16,18H2,1H3. The molecule has 178 valence electrons. The fourth-order valence-corrected chi connectivity index (χ4v) is 5.95. The summed E-state index contributed by atoms with van der Waals surface area (Å²) in [6.45, 7) is 4.11. The van der Waals surface area contributed by atoms with Crippen LogP contribution in [0.5, 0.6) is 0 Å². The second-order valence-electron chi connectivity index (χ2n) is 8.10. The van der Waals surface area contributed by atoms with Crippen LogP contribution < -0.4 is 9.21 Å². The van der Waals surface area contributed by atoms with E-state index in [1.165, 1.54) is 4.31 Å². The molecule has 0 aromatic heterocycles. The van der Waals surface area contributed by atoms with Crippen molar-refractivity contribution in [2.75, 3.05) is 41.9 Å². The highest BCUT2D eigenvalue weighted by Crippen LogP contribution is 2.27. The Bertz CT molecular complexity index is 1260. The van der Waals surface area contributed by atoms with Crippen LogP contribution >= 0.6 is 34.2 Å². The molecule has 0 unspecified atom stereocenters. The largest absolute Gasteiger partial charge is 0.368 e. The molecule has 0 radical (unpaired) electrons. The molecule has 1 amide bonds. The molecule has 1 fully saturated rings. The summed E-state index contributed by atoms with van der Waals surface area (Å²) < 4.78 is 29.1. The lowest BCUT2D eigenvalue weighted by Crippen LogP contribution is -2.52. The number of hydrogen-bond acceptors (Lipinski definition) is 4. The predicted molar refractivity (Wildman–Crippen MR) is 145 cm³/mol. The summed E-state index contributed by atoms with van der Waals surface area (Å²) in [6, 6.07) is 21.1. The van der Waals surface area contributed by atoms with Crippen molar-refractivity contribution in [3.8, 4) is 0 Å². The van der Waals surface area contributed by atoms with Gasteiger partial charge in [0.15, 0.2) is 0 Å². The number of rotatable bonds is 6. The van der Waals surface area contributed by atoms with E-state index in [0.29, 0.717) is 36.9 Å². The van der Waals surface area contributed by atoms with E-state index in [4.69, 9.17) is 11.6 Å². The Morgan fingerprint density at radius 1 is 0.971 bits per heavy atom. The molecule has 3 aromatic rings. The number of anilines is 2. The number of carbonyl (C=O) groups is 1. The lowest BCUT2D eigenvalue weighted by atomic mass is 10.1. The summed E-state index contributed by atoms with van der Waals surface area (Å²) in [5, 5.41) is 0.679. The minimum absolute atomic E-state index is 0.155. The number of aryl methyl sites for hydroxylation is 1. The van der Waals surface area contributed by atoms with E-state index < -0.39 is 10.0 Å². The summed E-state index contributed by atoms with van der Waals surface area (Å²) in [5.74, 6) is -0.222.